The minimum Gasteiger partial charge on any atom is -0.336 e. The van der Waals surface area contributed by atoms with Crippen molar-refractivity contribution in [3.05, 3.63) is 41.5 Å². The molecule has 1 aliphatic carbocycles. The van der Waals surface area contributed by atoms with Gasteiger partial charge in [0.05, 0.1) is 18.4 Å². The number of para-hydroxylation sites is 1. The number of hydrogen-bond acceptors (Lipinski definition) is 4. The number of aryl methyl sites for hydroxylation is 2. The summed E-state index contributed by atoms with van der Waals surface area (Å²) >= 11 is 0. The van der Waals surface area contributed by atoms with Crippen LogP contribution in [0.25, 0.3) is 0 Å². The molecule has 1 aromatic carbocycles. The number of likely N-dealkylation sites (tertiary alicyclic amines) is 1. The van der Waals surface area contributed by atoms with Crippen LogP contribution in [0.3, 0.4) is 0 Å². The van der Waals surface area contributed by atoms with Gasteiger partial charge in [-0.15, -0.1) is 0 Å². The Bertz CT molecular complexity index is 831. The van der Waals surface area contributed by atoms with Crippen molar-refractivity contribution in [3.63, 3.8) is 0 Å². The average molecular weight is 397 g/mol. The number of benzene rings is 1. The lowest BCUT2D eigenvalue weighted by Gasteiger charge is -2.20. The minimum absolute atomic E-state index is 0.0114. The van der Waals surface area contributed by atoms with Crippen molar-refractivity contribution in [2.24, 2.45) is 11.8 Å². The van der Waals surface area contributed by atoms with E-state index in [2.05, 4.69) is 5.32 Å². The second-order valence-corrected chi connectivity index (χ2v) is 7.80. The molecule has 1 heterocycles. The van der Waals surface area contributed by atoms with Crippen LogP contribution >= 0.6 is 0 Å². The summed E-state index contributed by atoms with van der Waals surface area (Å²) in [6, 6.07) is 5.74. The van der Waals surface area contributed by atoms with Crippen molar-refractivity contribution in [2.45, 2.75) is 33.1 Å². The van der Waals surface area contributed by atoms with E-state index >= 15 is 0 Å². The molecular weight excluding hydrogens is 370 g/mol. The van der Waals surface area contributed by atoms with Gasteiger partial charge in [0.25, 0.3) is 0 Å². The van der Waals surface area contributed by atoms with Crippen LogP contribution in [0.5, 0.6) is 0 Å². The van der Waals surface area contributed by atoms with Crippen molar-refractivity contribution in [3.8, 4) is 0 Å². The van der Waals surface area contributed by atoms with E-state index in [0.717, 1.165) is 16.8 Å². The van der Waals surface area contributed by atoms with Crippen LogP contribution in [0.4, 0.5) is 5.69 Å². The van der Waals surface area contributed by atoms with Gasteiger partial charge in [-0.2, -0.15) is 0 Å². The normalized spacial score (nSPS) is 20.6. The first kappa shape index (κ1) is 20.8. The molecule has 0 spiro atoms. The Balaban J connectivity index is 1.51. The minimum atomic E-state index is -0.288. The molecule has 2 atom stereocenters. The fourth-order valence-corrected chi connectivity index (χ4v) is 3.98. The molecule has 0 bridgehead atoms. The summed E-state index contributed by atoms with van der Waals surface area (Å²) in [4.78, 5) is 52.2. The maximum atomic E-state index is 12.5. The Morgan fingerprint density at radius 2 is 1.62 bits per heavy atom. The summed E-state index contributed by atoms with van der Waals surface area (Å²) in [6.07, 6.45) is 5.04. The molecule has 1 aliphatic heterocycles. The SMILES string of the molecule is Cc1cccc(C)c1NC(=O)CN(C)C(=O)CCN1C(=O)[C@H]2CC=CC[C@H]2C1=O. The summed E-state index contributed by atoms with van der Waals surface area (Å²) in [5.74, 6) is -1.52. The molecule has 29 heavy (non-hydrogen) atoms. The predicted octanol–water partition coefficient (Wildman–Crippen LogP) is 2.04. The Kier molecular flexibility index (Phi) is 6.15. The third-order valence-electron chi connectivity index (χ3n) is 5.70. The second kappa shape index (κ2) is 8.59. The Labute approximate surface area is 170 Å². The molecule has 1 aromatic rings. The van der Waals surface area contributed by atoms with Gasteiger partial charge in [0, 0.05) is 25.7 Å². The van der Waals surface area contributed by atoms with Gasteiger partial charge < -0.3 is 10.2 Å². The highest BCUT2D eigenvalue weighted by Crippen LogP contribution is 2.35. The van der Waals surface area contributed by atoms with Crippen molar-refractivity contribution in [2.75, 3.05) is 25.5 Å². The third kappa shape index (κ3) is 4.39. The monoisotopic (exact) mass is 397 g/mol. The van der Waals surface area contributed by atoms with Gasteiger partial charge in [-0.05, 0) is 37.8 Å². The van der Waals surface area contributed by atoms with Gasteiger partial charge in [0.15, 0.2) is 0 Å². The van der Waals surface area contributed by atoms with E-state index in [1.807, 2.05) is 44.2 Å². The van der Waals surface area contributed by atoms with Gasteiger partial charge in [-0.25, -0.2) is 0 Å². The first-order valence-corrected chi connectivity index (χ1v) is 9.90. The van der Waals surface area contributed by atoms with Crippen molar-refractivity contribution >= 4 is 29.3 Å². The molecule has 7 heteroatoms. The number of hydrogen-bond donors (Lipinski definition) is 1. The van der Waals surface area contributed by atoms with Crippen molar-refractivity contribution < 1.29 is 19.2 Å². The largest absolute Gasteiger partial charge is 0.336 e. The standard InChI is InChI=1S/C22H27N3O4/c1-14-7-6-8-15(2)20(14)23-18(26)13-24(3)19(27)11-12-25-21(28)16-9-4-5-10-17(16)22(25)29/h4-8,16-17H,9-13H2,1-3H3,(H,23,26)/t16-,17+. The van der Waals surface area contributed by atoms with E-state index in [1.165, 1.54) is 9.80 Å². The molecule has 0 aromatic heterocycles. The summed E-state index contributed by atoms with van der Waals surface area (Å²) in [5.41, 5.74) is 2.66. The van der Waals surface area contributed by atoms with E-state index in [1.54, 1.807) is 7.05 Å². The molecule has 1 fully saturated rings. The van der Waals surface area contributed by atoms with Crippen LogP contribution in [0.15, 0.2) is 30.4 Å². The summed E-state index contributed by atoms with van der Waals surface area (Å²) < 4.78 is 0. The highest BCUT2D eigenvalue weighted by Gasteiger charge is 2.46. The molecule has 2 aliphatic rings. The lowest BCUT2D eigenvalue weighted by molar-refractivity contribution is -0.141. The zero-order valence-corrected chi connectivity index (χ0v) is 17.1. The summed E-state index contributed by atoms with van der Waals surface area (Å²) in [5, 5.41) is 2.85. The first-order chi connectivity index (χ1) is 13.8. The quantitative estimate of drug-likeness (QED) is 0.588. The number of carbonyl (C=O) groups is 4. The zero-order valence-electron chi connectivity index (χ0n) is 17.1. The molecule has 7 nitrogen and oxygen atoms in total. The molecule has 4 amide bonds. The molecule has 0 saturated carbocycles. The zero-order chi connectivity index (χ0) is 21.1. The van der Waals surface area contributed by atoms with Gasteiger partial charge in [-0.3, -0.25) is 24.1 Å². The molecule has 3 rings (SSSR count). The lowest BCUT2D eigenvalue weighted by atomic mass is 9.85. The lowest BCUT2D eigenvalue weighted by Crippen LogP contribution is -2.38. The van der Waals surface area contributed by atoms with Crippen LogP contribution in [0, 0.1) is 25.7 Å². The maximum Gasteiger partial charge on any atom is 0.243 e. The van der Waals surface area contributed by atoms with Crippen LogP contribution in [-0.2, 0) is 19.2 Å². The Morgan fingerprint density at radius 1 is 1.07 bits per heavy atom. The fourth-order valence-electron chi connectivity index (χ4n) is 3.98. The van der Waals surface area contributed by atoms with Crippen molar-refractivity contribution in [1.29, 1.82) is 0 Å². The maximum absolute atomic E-state index is 12.5. The van der Waals surface area contributed by atoms with E-state index < -0.39 is 0 Å². The number of fused-ring (bicyclic) bond motifs is 1. The highest BCUT2D eigenvalue weighted by atomic mass is 16.2. The van der Waals surface area contributed by atoms with Gasteiger partial charge >= 0.3 is 0 Å². The van der Waals surface area contributed by atoms with Crippen molar-refractivity contribution in [1.82, 2.24) is 9.80 Å². The number of imide groups is 1. The molecular formula is C22H27N3O4. The number of allylic oxidation sites excluding steroid dienone is 2. The number of rotatable bonds is 6. The van der Waals surface area contributed by atoms with Crippen LogP contribution in [0.1, 0.15) is 30.4 Å². The van der Waals surface area contributed by atoms with Crippen LogP contribution in [0.2, 0.25) is 0 Å². The van der Waals surface area contributed by atoms with Gasteiger partial charge in [0.2, 0.25) is 23.6 Å². The number of amides is 4. The molecule has 154 valence electrons. The summed E-state index contributed by atoms with van der Waals surface area (Å²) in [6.45, 7) is 3.79. The average Bonchev–Trinajstić information content (AvgIpc) is 2.93. The first-order valence-electron chi connectivity index (χ1n) is 9.90. The number of anilines is 1. The fraction of sp³-hybridized carbons (Fsp3) is 0.455. The molecule has 0 unspecified atom stereocenters. The second-order valence-electron chi connectivity index (χ2n) is 7.80. The number of carbonyl (C=O) groups excluding carboxylic acids is 4. The van der Waals surface area contributed by atoms with E-state index in [9.17, 15) is 19.2 Å². The molecule has 1 saturated heterocycles. The van der Waals surface area contributed by atoms with E-state index in [-0.39, 0.29) is 55.0 Å². The van der Waals surface area contributed by atoms with E-state index in [4.69, 9.17) is 0 Å². The Morgan fingerprint density at radius 3 is 2.17 bits per heavy atom. The highest BCUT2D eigenvalue weighted by molar-refractivity contribution is 6.05. The summed E-state index contributed by atoms with van der Waals surface area (Å²) in [7, 11) is 1.55. The van der Waals surface area contributed by atoms with Crippen LogP contribution < -0.4 is 5.32 Å². The van der Waals surface area contributed by atoms with Crippen LogP contribution in [-0.4, -0.2) is 53.6 Å². The number of nitrogens with zero attached hydrogens (tertiary/aromatic N) is 2. The van der Waals surface area contributed by atoms with E-state index in [0.29, 0.717) is 12.8 Å². The smallest absolute Gasteiger partial charge is 0.243 e. The van der Waals surface area contributed by atoms with Gasteiger partial charge in [-0.1, -0.05) is 30.4 Å². The third-order valence-corrected chi connectivity index (χ3v) is 5.70. The Hall–Kier alpha value is -2.96. The number of nitrogens with one attached hydrogen (secondary N) is 1. The number of likely N-dealkylation sites (N-methyl/N-ethyl adjacent to an activating group) is 1. The van der Waals surface area contributed by atoms with Gasteiger partial charge in [0.1, 0.15) is 0 Å². The topological polar surface area (TPSA) is 86.8 Å². The predicted molar refractivity (Wildman–Crippen MR) is 109 cm³/mol. The molecule has 0 radical (unpaired) electrons. The molecule has 1 N–H and O–H groups in total.